The van der Waals surface area contributed by atoms with Crippen molar-refractivity contribution in [2.24, 2.45) is 0 Å². The van der Waals surface area contributed by atoms with Crippen LogP contribution in [0.4, 0.5) is 18.9 Å². The lowest BCUT2D eigenvalue weighted by atomic mass is 10.2. The van der Waals surface area contributed by atoms with Crippen LogP contribution in [0.15, 0.2) is 18.2 Å². The van der Waals surface area contributed by atoms with Crippen LogP contribution in [-0.2, 0) is 20.5 Å². The van der Waals surface area contributed by atoms with Crippen molar-refractivity contribution in [3.8, 4) is 0 Å². The molecular weight excluding hydrogens is 337 g/mol. The summed E-state index contributed by atoms with van der Waals surface area (Å²) in [6.45, 7) is 0.107. The summed E-state index contributed by atoms with van der Waals surface area (Å²) < 4.78 is 43.1. The summed E-state index contributed by atoms with van der Waals surface area (Å²) >= 11 is 5.77. The van der Waals surface area contributed by atoms with E-state index >= 15 is 0 Å². The third kappa shape index (κ3) is 4.84. The number of nitrogens with one attached hydrogen (secondary N) is 2. The number of alkyl halides is 3. The molecule has 1 atom stereocenters. The molecule has 2 N–H and O–H groups in total. The van der Waals surface area contributed by atoms with Crippen LogP contribution in [0.2, 0.25) is 5.02 Å². The van der Waals surface area contributed by atoms with Crippen LogP contribution < -0.4 is 10.6 Å². The summed E-state index contributed by atoms with van der Waals surface area (Å²) in [6, 6.07) is 2.60. The summed E-state index contributed by atoms with van der Waals surface area (Å²) in [7, 11) is 0. The van der Waals surface area contributed by atoms with Gasteiger partial charge in [-0.05, 0) is 31.0 Å². The van der Waals surface area contributed by atoms with Gasteiger partial charge in [0.15, 0.2) is 0 Å². The van der Waals surface area contributed by atoms with Gasteiger partial charge in [-0.25, -0.2) is 0 Å². The van der Waals surface area contributed by atoms with Gasteiger partial charge in [0.2, 0.25) is 11.8 Å². The minimum Gasteiger partial charge on any atom is -0.368 e. The van der Waals surface area contributed by atoms with Crippen LogP contribution in [0, 0.1) is 0 Å². The number of benzene rings is 1. The minimum absolute atomic E-state index is 0.0307. The highest BCUT2D eigenvalue weighted by Crippen LogP contribution is 2.33. The molecule has 23 heavy (non-hydrogen) atoms. The smallest absolute Gasteiger partial charge is 0.368 e. The summed E-state index contributed by atoms with van der Waals surface area (Å²) in [5, 5.41) is 4.58. The SMILES string of the molecule is O=C(CNC(=O)C1CCCO1)Nc1cc(C(F)(F)F)ccc1Cl. The Morgan fingerprint density at radius 3 is 2.70 bits per heavy atom. The van der Waals surface area contributed by atoms with Crippen LogP contribution in [0.3, 0.4) is 0 Å². The average Bonchev–Trinajstić information content (AvgIpc) is 3.00. The molecule has 0 aliphatic carbocycles. The molecule has 1 aromatic rings. The molecule has 0 aromatic heterocycles. The highest BCUT2D eigenvalue weighted by Gasteiger charge is 2.31. The van der Waals surface area contributed by atoms with Gasteiger partial charge in [-0.3, -0.25) is 9.59 Å². The number of hydrogen-bond donors (Lipinski definition) is 2. The molecule has 1 unspecified atom stereocenters. The fourth-order valence-electron chi connectivity index (χ4n) is 2.06. The quantitative estimate of drug-likeness (QED) is 0.877. The molecule has 1 saturated heterocycles. The van der Waals surface area contributed by atoms with Crippen molar-refractivity contribution in [3.05, 3.63) is 28.8 Å². The van der Waals surface area contributed by atoms with E-state index in [4.69, 9.17) is 16.3 Å². The fourth-order valence-corrected chi connectivity index (χ4v) is 2.22. The maximum atomic E-state index is 12.6. The minimum atomic E-state index is -4.54. The molecule has 1 aromatic carbocycles. The molecule has 1 aliphatic heterocycles. The number of carbonyl (C=O) groups is 2. The Labute approximate surface area is 135 Å². The van der Waals surface area contributed by atoms with Gasteiger partial charge in [-0.2, -0.15) is 13.2 Å². The first-order valence-electron chi connectivity index (χ1n) is 6.83. The molecule has 126 valence electrons. The number of halogens is 4. The van der Waals surface area contributed by atoms with Crippen molar-refractivity contribution in [1.29, 1.82) is 0 Å². The van der Waals surface area contributed by atoms with Crippen molar-refractivity contribution in [2.45, 2.75) is 25.1 Å². The zero-order chi connectivity index (χ0) is 17.0. The lowest BCUT2D eigenvalue weighted by Crippen LogP contribution is -2.39. The highest BCUT2D eigenvalue weighted by molar-refractivity contribution is 6.33. The zero-order valence-corrected chi connectivity index (χ0v) is 12.6. The topological polar surface area (TPSA) is 67.4 Å². The maximum absolute atomic E-state index is 12.6. The molecule has 1 heterocycles. The summed E-state index contributed by atoms with van der Waals surface area (Å²) in [6.07, 6.45) is -3.78. The second-order valence-electron chi connectivity index (χ2n) is 4.96. The third-order valence-corrected chi connectivity index (χ3v) is 3.54. The molecule has 0 saturated carbocycles. The van der Waals surface area contributed by atoms with Crippen molar-refractivity contribution in [1.82, 2.24) is 5.32 Å². The van der Waals surface area contributed by atoms with E-state index in [2.05, 4.69) is 10.6 Å². The Hall–Kier alpha value is -1.80. The molecule has 2 rings (SSSR count). The van der Waals surface area contributed by atoms with Crippen LogP contribution in [0.1, 0.15) is 18.4 Å². The van der Waals surface area contributed by atoms with Gasteiger partial charge in [-0.15, -0.1) is 0 Å². The number of rotatable bonds is 4. The van der Waals surface area contributed by atoms with Crippen molar-refractivity contribution in [2.75, 3.05) is 18.5 Å². The van der Waals surface area contributed by atoms with Crippen LogP contribution in [0.5, 0.6) is 0 Å². The second-order valence-corrected chi connectivity index (χ2v) is 5.37. The maximum Gasteiger partial charge on any atom is 0.416 e. The van der Waals surface area contributed by atoms with E-state index in [-0.39, 0.29) is 17.3 Å². The summed E-state index contributed by atoms with van der Waals surface area (Å²) in [5.41, 5.74) is -1.10. The van der Waals surface area contributed by atoms with Gasteiger partial charge in [0.25, 0.3) is 0 Å². The number of hydrogen-bond acceptors (Lipinski definition) is 3. The van der Waals surface area contributed by atoms with Gasteiger partial charge in [-0.1, -0.05) is 11.6 Å². The Morgan fingerprint density at radius 2 is 2.09 bits per heavy atom. The molecule has 5 nitrogen and oxygen atoms in total. The molecular formula is C14H14ClF3N2O3. The number of amides is 2. The molecule has 2 amide bonds. The molecule has 0 bridgehead atoms. The van der Waals surface area contributed by atoms with Crippen LogP contribution in [0.25, 0.3) is 0 Å². The van der Waals surface area contributed by atoms with E-state index in [1.54, 1.807) is 0 Å². The van der Waals surface area contributed by atoms with Crippen molar-refractivity contribution >= 4 is 29.1 Å². The van der Waals surface area contributed by atoms with E-state index < -0.39 is 29.7 Å². The third-order valence-electron chi connectivity index (χ3n) is 3.21. The molecule has 1 aliphatic rings. The predicted molar refractivity (Wildman–Crippen MR) is 77.1 cm³/mol. The standard InChI is InChI=1S/C14H14ClF3N2O3/c15-9-4-3-8(14(16,17)18)6-10(9)20-12(21)7-19-13(22)11-2-1-5-23-11/h3-4,6,11H,1-2,5,7H2,(H,19,22)(H,20,21). The monoisotopic (exact) mass is 350 g/mol. The van der Waals surface area contributed by atoms with E-state index in [0.29, 0.717) is 13.0 Å². The van der Waals surface area contributed by atoms with E-state index in [0.717, 1.165) is 24.6 Å². The van der Waals surface area contributed by atoms with Gasteiger partial charge in [0.1, 0.15) is 6.10 Å². The zero-order valence-electron chi connectivity index (χ0n) is 11.9. The molecule has 1 fully saturated rings. The first kappa shape index (κ1) is 17.6. The predicted octanol–water partition coefficient (Wildman–Crippen LogP) is 2.59. The van der Waals surface area contributed by atoms with Crippen LogP contribution >= 0.6 is 11.6 Å². The van der Waals surface area contributed by atoms with Gasteiger partial charge in [0.05, 0.1) is 22.8 Å². The van der Waals surface area contributed by atoms with Gasteiger partial charge < -0.3 is 15.4 Å². The Balaban J connectivity index is 1.93. The number of ether oxygens (including phenoxy) is 1. The Morgan fingerprint density at radius 1 is 1.35 bits per heavy atom. The lowest BCUT2D eigenvalue weighted by Gasteiger charge is -2.13. The highest BCUT2D eigenvalue weighted by atomic mass is 35.5. The summed E-state index contributed by atoms with van der Waals surface area (Å²) in [5.74, 6) is -1.11. The molecule has 0 radical (unpaired) electrons. The average molecular weight is 351 g/mol. The Kier molecular flexibility index (Phi) is 5.48. The molecule has 9 heteroatoms. The number of anilines is 1. The van der Waals surface area contributed by atoms with Gasteiger partial charge >= 0.3 is 6.18 Å². The van der Waals surface area contributed by atoms with E-state index in [9.17, 15) is 22.8 Å². The first-order chi connectivity index (χ1) is 10.8. The second kappa shape index (κ2) is 7.18. The lowest BCUT2D eigenvalue weighted by molar-refractivity contribution is -0.137. The normalized spacial score (nSPS) is 17.8. The first-order valence-corrected chi connectivity index (χ1v) is 7.21. The van der Waals surface area contributed by atoms with Crippen LogP contribution in [-0.4, -0.2) is 31.1 Å². The van der Waals surface area contributed by atoms with E-state index in [1.807, 2.05) is 0 Å². The number of carbonyl (C=O) groups excluding carboxylic acids is 2. The summed E-state index contributed by atoms with van der Waals surface area (Å²) in [4.78, 5) is 23.4. The van der Waals surface area contributed by atoms with Crippen molar-refractivity contribution in [3.63, 3.8) is 0 Å². The van der Waals surface area contributed by atoms with Crippen molar-refractivity contribution < 1.29 is 27.5 Å². The Bertz CT molecular complexity index is 601. The molecule has 0 spiro atoms. The fraction of sp³-hybridized carbons (Fsp3) is 0.429. The van der Waals surface area contributed by atoms with Gasteiger partial charge in [0, 0.05) is 6.61 Å². The largest absolute Gasteiger partial charge is 0.416 e. The van der Waals surface area contributed by atoms with E-state index in [1.165, 1.54) is 0 Å².